The third-order valence-corrected chi connectivity index (χ3v) is 5.81. The summed E-state index contributed by atoms with van der Waals surface area (Å²) in [4.78, 5) is 21.8. The Morgan fingerprint density at radius 3 is 2.64 bits per heavy atom. The Morgan fingerprint density at radius 2 is 1.96 bits per heavy atom. The van der Waals surface area contributed by atoms with Crippen LogP contribution in [-0.4, -0.2) is 50.1 Å². The molecule has 0 saturated carbocycles. The van der Waals surface area contributed by atoms with Crippen LogP contribution >= 0.6 is 34.5 Å². The highest BCUT2D eigenvalue weighted by molar-refractivity contribution is 7.22. The van der Waals surface area contributed by atoms with Crippen molar-refractivity contribution in [2.75, 3.05) is 39.2 Å². The summed E-state index contributed by atoms with van der Waals surface area (Å²) in [7, 11) is 5.62. The van der Waals surface area contributed by atoms with E-state index in [4.69, 9.17) is 32.9 Å². The van der Waals surface area contributed by atoms with E-state index in [0.717, 1.165) is 23.2 Å². The zero-order valence-corrected chi connectivity index (χ0v) is 18.2. The number of rotatable bonds is 7. The van der Waals surface area contributed by atoms with Gasteiger partial charge < -0.3 is 9.64 Å². The van der Waals surface area contributed by atoms with Crippen LogP contribution in [0.4, 0.5) is 5.13 Å². The number of amides is 1. The molecule has 0 bridgehead atoms. The van der Waals surface area contributed by atoms with Gasteiger partial charge in [-0.2, -0.15) is 0 Å². The zero-order chi connectivity index (χ0) is 20.3. The SMILES string of the molecule is COc1cccc2sc(N(CCCN(C)C)C(=O)c3ccc(Cl)cc3Cl)nc12. The van der Waals surface area contributed by atoms with Crippen LogP contribution in [-0.2, 0) is 0 Å². The normalized spacial score (nSPS) is 11.2. The van der Waals surface area contributed by atoms with Gasteiger partial charge in [-0.3, -0.25) is 9.69 Å². The lowest BCUT2D eigenvalue weighted by atomic mass is 10.2. The number of hydrogen-bond acceptors (Lipinski definition) is 5. The van der Waals surface area contributed by atoms with Crippen molar-refractivity contribution in [2.45, 2.75) is 6.42 Å². The van der Waals surface area contributed by atoms with E-state index in [2.05, 4.69) is 4.90 Å². The van der Waals surface area contributed by atoms with E-state index in [-0.39, 0.29) is 5.91 Å². The van der Waals surface area contributed by atoms with Crippen molar-refractivity contribution in [1.29, 1.82) is 0 Å². The van der Waals surface area contributed by atoms with E-state index in [1.165, 1.54) is 11.3 Å². The molecule has 3 aromatic rings. The third-order valence-electron chi connectivity index (χ3n) is 4.22. The standard InChI is InChI=1S/C20H21Cl2N3O2S/c1-24(2)10-5-11-25(19(26)14-9-8-13(21)12-15(14)22)20-23-18-16(27-3)6-4-7-17(18)28-20/h4,6-9,12H,5,10-11H2,1-3H3. The number of thiazole rings is 1. The molecule has 0 aliphatic carbocycles. The molecule has 5 nitrogen and oxygen atoms in total. The molecule has 0 fully saturated rings. The topological polar surface area (TPSA) is 45.7 Å². The molecule has 0 aliphatic rings. The van der Waals surface area contributed by atoms with Crippen LogP contribution < -0.4 is 9.64 Å². The maximum absolute atomic E-state index is 13.3. The Bertz CT molecular complexity index is 991. The Morgan fingerprint density at radius 1 is 1.18 bits per heavy atom. The second-order valence-electron chi connectivity index (χ2n) is 6.54. The van der Waals surface area contributed by atoms with Gasteiger partial charge in [-0.05, 0) is 57.4 Å². The monoisotopic (exact) mass is 437 g/mol. The summed E-state index contributed by atoms with van der Waals surface area (Å²) in [6.45, 7) is 1.38. The minimum atomic E-state index is -0.196. The Kier molecular flexibility index (Phi) is 6.78. The number of aromatic nitrogens is 1. The van der Waals surface area contributed by atoms with Gasteiger partial charge in [-0.15, -0.1) is 0 Å². The summed E-state index contributed by atoms with van der Waals surface area (Å²) in [6.07, 6.45) is 0.803. The van der Waals surface area contributed by atoms with E-state index in [1.807, 2.05) is 32.3 Å². The van der Waals surface area contributed by atoms with Crippen molar-refractivity contribution in [1.82, 2.24) is 9.88 Å². The van der Waals surface area contributed by atoms with Gasteiger partial charge in [0.1, 0.15) is 11.3 Å². The van der Waals surface area contributed by atoms with Gasteiger partial charge in [0, 0.05) is 11.6 Å². The summed E-state index contributed by atoms with van der Waals surface area (Å²) in [6, 6.07) is 10.6. The maximum Gasteiger partial charge on any atom is 0.261 e. The lowest BCUT2D eigenvalue weighted by Crippen LogP contribution is -2.33. The highest BCUT2D eigenvalue weighted by atomic mass is 35.5. The van der Waals surface area contributed by atoms with Crippen LogP contribution in [0.1, 0.15) is 16.8 Å². The molecule has 0 saturated heterocycles. The highest BCUT2D eigenvalue weighted by Gasteiger charge is 2.24. The van der Waals surface area contributed by atoms with Gasteiger partial charge in [0.05, 0.1) is 22.4 Å². The minimum absolute atomic E-state index is 0.196. The molecule has 2 aromatic carbocycles. The van der Waals surface area contributed by atoms with E-state index in [0.29, 0.717) is 33.0 Å². The van der Waals surface area contributed by atoms with Crippen molar-refractivity contribution in [3.05, 3.63) is 52.0 Å². The number of nitrogens with zero attached hydrogens (tertiary/aromatic N) is 3. The number of methoxy groups -OCH3 is 1. The first-order valence-corrected chi connectivity index (χ1v) is 10.3. The summed E-state index contributed by atoms with van der Waals surface area (Å²) >= 11 is 13.7. The molecule has 1 aromatic heterocycles. The first kappa shape index (κ1) is 20.9. The number of hydrogen-bond donors (Lipinski definition) is 0. The molecule has 0 unspecified atom stereocenters. The lowest BCUT2D eigenvalue weighted by molar-refractivity contribution is 0.0986. The summed E-state index contributed by atoms with van der Waals surface area (Å²) in [5, 5.41) is 1.44. The summed E-state index contributed by atoms with van der Waals surface area (Å²) in [5.74, 6) is 0.490. The van der Waals surface area contributed by atoms with E-state index in [1.54, 1.807) is 30.2 Å². The van der Waals surface area contributed by atoms with Gasteiger partial charge in [-0.25, -0.2) is 4.98 Å². The minimum Gasteiger partial charge on any atom is -0.494 e. The van der Waals surface area contributed by atoms with Crippen molar-refractivity contribution in [3.63, 3.8) is 0 Å². The molecule has 0 atom stereocenters. The zero-order valence-electron chi connectivity index (χ0n) is 15.9. The number of fused-ring (bicyclic) bond motifs is 1. The predicted molar refractivity (Wildman–Crippen MR) is 117 cm³/mol. The average Bonchev–Trinajstić information content (AvgIpc) is 3.08. The highest BCUT2D eigenvalue weighted by Crippen LogP contribution is 2.35. The number of carbonyl (C=O) groups excluding carboxylic acids is 1. The molecule has 1 heterocycles. The van der Waals surface area contributed by atoms with Gasteiger partial charge in [0.15, 0.2) is 5.13 Å². The predicted octanol–water partition coefficient (Wildman–Crippen LogP) is 5.21. The summed E-state index contributed by atoms with van der Waals surface area (Å²) in [5.41, 5.74) is 1.15. The first-order chi connectivity index (χ1) is 13.4. The lowest BCUT2D eigenvalue weighted by Gasteiger charge is -2.21. The number of anilines is 1. The number of benzene rings is 2. The molecular weight excluding hydrogens is 417 g/mol. The molecular formula is C20H21Cl2N3O2S. The average molecular weight is 438 g/mol. The second-order valence-corrected chi connectivity index (χ2v) is 8.39. The fourth-order valence-corrected chi connectivity index (χ4v) is 4.33. The molecule has 0 radical (unpaired) electrons. The number of halogens is 2. The van der Waals surface area contributed by atoms with Crippen LogP contribution in [0, 0.1) is 0 Å². The number of carbonyl (C=O) groups is 1. The van der Waals surface area contributed by atoms with Crippen molar-refractivity contribution in [3.8, 4) is 5.75 Å². The Labute approximate surface area is 178 Å². The van der Waals surface area contributed by atoms with E-state index < -0.39 is 0 Å². The molecule has 0 spiro atoms. The van der Waals surface area contributed by atoms with Gasteiger partial charge in [-0.1, -0.05) is 40.6 Å². The van der Waals surface area contributed by atoms with Gasteiger partial charge >= 0.3 is 0 Å². The molecule has 0 N–H and O–H groups in total. The van der Waals surface area contributed by atoms with E-state index in [9.17, 15) is 4.79 Å². The first-order valence-electron chi connectivity index (χ1n) is 8.76. The Balaban J connectivity index is 2.00. The molecule has 8 heteroatoms. The van der Waals surface area contributed by atoms with Crippen LogP contribution in [0.5, 0.6) is 5.75 Å². The van der Waals surface area contributed by atoms with Crippen LogP contribution in [0.15, 0.2) is 36.4 Å². The molecule has 3 rings (SSSR count). The van der Waals surface area contributed by atoms with Crippen LogP contribution in [0.2, 0.25) is 10.0 Å². The smallest absolute Gasteiger partial charge is 0.261 e. The maximum atomic E-state index is 13.3. The van der Waals surface area contributed by atoms with Crippen molar-refractivity contribution in [2.24, 2.45) is 0 Å². The number of ether oxygens (including phenoxy) is 1. The second kappa shape index (κ2) is 9.09. The number of para-hydroxylation sites is 1. The van der Waals surface area contributed by atoms with E-state index >= 15 is 0 Å². The third kappa shape index (κ3) is 4.58. The van der Waals surface area contributed by atoms with Gasteiger partial charge in [0.2, 0.25) is 0 Å². The molecule has 148 valence electrons. The van der Waals surface area contributed by atoms with Gasteiger partial charge in [0.25, 0.3) is 5.91 Å². The fourth-order valence-electron chi connectivity index (χ4n) is 2.83. The molecule has 28 heavy (non-hydrogen) atoms. The quantitative estimate of drug-likeness (QED) is 0.508. The Hall–Kier alpha value is -1.86. The van der Waals surface area contributed by atoms with Crippen molar-refractivity contribution < 1.29 is 9.53 Å². The van der Waals surface area contributed by atoms with Crippen LogP contribution in [0.3, 0.4) is 0 Å². The summed E-state index contributed by atoms with van der Waals surface area (Å²) < 4.78 is 6.37. The molecule has 0 aliphatic heterocycles. The van der Waals surface area contributed by atoms with Crippen molar-refractivity contribution >= 4 is 55.8 Å². The largest absolute Gasteiger partial charge is 0.494 e. The van der Waals surface area contributed by atoms with Crippen LogP contribution in [0.25, 0.3) is 10.2 Å². The fraction of sp³-hybridized carbons (Fsp3) is 0.300. The molecule has 1 amide bonds.